The molecule has 0 fully saturated rings. The van der Waals surface area contributed by atoms with E-state index in [1.807, 2.05) is 115 Å². The Morgan fingerprint density at radius 2 is 0.763 bits per heavy atom. The molecular weight excluding hydrogens is 759 g/mol. The van der Waals surface area contributed by atoms with E-state index in [4.69, 9.17) is 15.0 Å². The number of aryl methyl sites for hydroxylation is 2. The van der Waals surface area contributed by atoms with Crippen molar-refractivity contribution in [2.45, 2.75) is 26.2 Å². The van der Waals surface area contributed by atoms with Crippen LogP contribution in [0.3, 0.4) is 0 Å². The number of aromatic nitrogens is 4. The Morgan fingerprint density at radius 1 is 0.390 bits per heavy atom. The molecule has 9 aromatic rings. The molecule has 0 saturated carbocycles. The van der Waals surface area contributed by atoms with Crippen LogP contribution < -0.4 is 0 Å². The van der Waals surface area contributed by atoms with Crippen molar-refractivity contribution in [3.05, 3.63) is 180 Å². The molecule has 0 amide bonds. The zero-order chi connectivity index (χ0) is 41.1. The van der Waals surface area contributed by atoms with Gasteiger partial charge in [-0.2, -0.15) is 26.3 Å². The van der Waals surface area contributed by atoms with Gasteiger partial charge in [0.2, 0.25) is 0 Å². The first-order valence-electron chi connectivity index (χ1n) is 18.7. The summed E-state index contributed by atoms with van der Waals surface area (Å²) in [6.45, 7) is 3.99. The van der Waals surface area contributed by atoms with Crippen LogP contribution >= 0.6 is 0 Å². The standard InChI is InChI=1S/C49H32F6N4/c1-29-13-23-42-40(25-29)41-26-30(2)14-24-43(41)59(42)44-38(31-15-19-36(20-16-31)48(50,51)52)27-35(28-39(44)32-17-21-37(22-18-32)49(53,54)55)47-57-45(33-9-5-3-6-10-33)56-46(58-47)34-11-7-4-8-12-34/h3-28H,1-2H3. The molecule has 4 nitrogen and oxygen atoms in total. The van der Waals surface area contributed by atoms with Gasteiger partial charge in [-0.3, -0.25) is 0 Å². The van der Waals surface area contributed by atoms with Crippen molar-refractivity contribution < 1.29 is 26.3 Å². The highest BCUT2D eigenvalue weighted by molar-refractivity contribution is 6.11. The molecule has 0 aliphatic carbocycles. The molecule has 0 saturated heterocycles. The maximum Gasteiger partial charge on any atom is 0.416 e. The number of fused-ring (bicyclic) bond motifs is 3. The van der Waals surface area contributed by atoms with Crippen LogP contribution in [0.2, 0.25) is 0 Å². The van der Waals surface area contributed by atoms with Crippen LogP contribution in [0.25, 0.3) is 83.9 Å². The van der Waals surface area contributed by atoms with Gasteiger partial charge in [-0.25, -0.2) is 15.0 Å². The molecule has 9 rings (SSSR count). The van der Waals surface area contributed by atoms with Crippen LogP contribution in [0.15, 0.2) is 158 Å². The minimum atomic E-state index is -4.58. The number of halogens is 6. The Hall–Kier alpha value is -7.07. The van der Waals surface area contributed by atoms with Gasteiger partial charge in [0.25, 0.3) is 0 Å². The molecule has 0 radical (unpaired) electrons. The van der Waals surface area contributed by atoms with Gasteiger partial charge in [0.1, 0.15) is 0 Å². The van der Waals surface area contributed by atoms with E-state index < -0.39 is 23.5 Å². The second-order valence-corrected chi connectivity index (χ2v) is 14.5. The fourth-order valence-electron chi connectivity index (χ4n) is 7.55. The van der Waals surface area contributed by atoms with Crippen molar-refractivity contribution in [1.82, 2.24) is 19.5 Å². The van der Waals surface area contributed by atoms with Gasteiger partial charge in [-0.15, -0.1) is 0 Å². The van der Waals surface area contributed by atoms with Gasteiger partial charge in [-0.1, -0.05) is 108 Å². The smallest absolute Gasteiger partial charge is 0.308 e. The van der Waals surface area contributed by atoms with Gasteiger partial charge >= 0.3 is 12.4 Å². The van der Waals surface area contributed by atoms with Crippen molar-refractivity contribution in [2.24, 2.45) is 0 Å². The highest BCUT2D eigenvalue weighted by atomic mass is 19.4. The quantitative estimate of drug-likeness (QED) is 0.158. The fourth-order valence-corrected chi connectivity index (χ4v) is 7.55. The van der Waals surface area contributed by atoms with E-state index in [9.17, 15) is 26.3 Å². The summed E-state index contributed by atoms with van der Waals surface area (Å²) in [6, 6.07) is 44.4. The summed E-state index contributed by atoms with van der Waals surface area (Å²) in [7, 11) is 0. The molecule has 10 heteroatoms. The van der Waals surface area contributed by atoms with Crippen molar-refractivity contribution >= 4 is 21.8 Å². The van der Waals surface area contributed by atoms with Crippen LogP contribution in [-0.2, 0) is 12.4 Å². The van der Waals surface area contributed by atoms with E-state index in [1.54, 1.807) is 0 Å². The van der Waals surface area contributed by atoms with Crippen LogP contribution in [0.5, 0.6) is 0 Å². The monoisotopic (exact) mass is 790 g/mol. The summed E-state index contributed by atoms with van der Waals surface area (Å²) in [6.07, 6.45) is -9.16. The zero-order valence-electron chi connectivity index (χ0n) is 31.6. The minimum Gasteiger partial charge on any atom is -0.308 e. The highest BCUT2D eigenvalue weighted by Gasteiger charge is 2.32. The SMILES string of the molecule is Cc1ccc2c(c1)c1cc(C)ccc1n2-c1c(-c2ccc(C(F)(F)F)cc2)cc(-c2nc(-c3ccccc3)nc(-c3ccccc3)n2)cc1-c1ccc(C(F)(F)F)cc1. The number of hydrogen-bond donors (Lipinski definition) is 0. The Bertz CT molecular complexity index is 2810. The molecule has 0 N–H and O–H groups in total. The number of benzene rings is 7. The normalized spacial score (nSPS) is 12.1. The lowest BCUT2D eigenvalue weighted by Crippen LogP contribution is -2.06. The summed E-state index contributed by atoms with van der Waals surface area (Å²) >= 11 is 0. The second-order valence-electron chi connectivity index (χ2n) is 14.5. The topological polar surface area (TPSA) is 43.6 Å². The third-order valence-corrected chi connectivity index (χ3v) is 10.4. The van der Waals surface area contributed by atoms with Gasteiger partial charge in [0, 0.05) is 38.6 Å². The second kappa shape index (κ2) is 14.4. The largest absolute Gasteiger partial charge is 0.416 e. The van der Waals surface area contributed by atoms with E-state index in [0.717, 1.165) is 68.3 Å². The van der Waals surface area contributed by atoms with Crippen molar-refractivity contribution in [2.75, 3.05) is 0 Å². The predicted molar refractivity (Wildman–Crippen MR) is 221 cm³/mol. The number of rotatable bonds is 6. The molecular formula is C49H32F6N4. The maximum atomic E-state index is 14.0. The third kappa shape index (κ3) is 7.11. The average molecular weight is 791 g/mol. The van der Waals surface area contributed by atoms with E-state index in [1.165, 1.54) is 24.3 Å². The molecule has 0 atom stereocenters. The van der Waals surface area contributed by atoms with E-state index >= 15 is 0 Å². The van der Waals surface area contributed by atoms with Gasteiger partial charge in [-0.05, 0) is 85.6 Å². The van der Waals surface area contributed by atoms with Crippen molar-refractivity contribution in [1.29, 1.82) is 0 Å². The summed E-state index contributed by atoms with van der Waals surface area (Å²) in [4.78, 5) is 14.7. The molecule has 290 valence electrons. The summed E-state index contributed by atoms with van der Waals surface area (Å²) in [5, 5.41) is 1.89. The van der Waals surface area contributed by atoms with Crippen LogP contribution in [0.4, 0.5) is 26.3 Å². The summed E-state index contributed by atoms with van der Waals surface area (Å²) in [5.74, 6) is 1.04. The van der Waals surface area contributed by atoms with E-state index in [0.29, 0.717) is 45.2 Å². The molecule has 0 aliphatic heterocycles. The zero-order valence-corrected chi connectivity index (χ0v) is 31.6. The first kappa shape index (κ1) is 37.5. The first-order chi connectivity index (χ1) is 28.3. The van der Waals surface area contributed by atoms with Crippen LogP contribution in [-0.4, -0.2) is 19.5 Å². The van der Waals surface area contributed by atoms with Crippen molar-refractivity contribution in [3.8, 4) is 62.1 Å². The Morgan fingerprint density at radius 3 is 1.14 bits per heavy atom. The molecule has 59 heavy (non-hydrogen) atoms. The van der Waals surface area contributed by atoms with Crippen LogP contribution in [0, 0.1) is 13.8 Å². The van der Waals surface area contributed by atoms with Gasteiger partial charge in [0.15, 0.2) is 17.5 Å². The average Bonchev–Trinajstić information content (AvgIpc) is 3.55. The molecule has 0 spiro atoms. The molecule has 2 aromatic heterocycles. The number of nitrogens with zero attached hydrogens (tertiary/aromatic N) is 4. The fraction of sp³-hybridized carbons (Fsp3) is 0.0816. The Kier molecular flexibility index (Phi) is 9.15. The Balaban J connectivity index is 1.42. The highest BCUT2D eigenvalue weighted by Crippen LogP contribution is 2.45. The molecule has 0 aliphatic rings. The van der Waals surface area contributed by atoms with Crippen LogP contribution in [0.1, 0.15) is 22.3 Å². The predicted octanol–water partition coefficient (Wildman–Crippen LogP) is 14.0. The lowest BCUT2D eigenvalue weighted by molar-refractivity contribution is -0.138. The Labute approximate surface area is 335 Å². The number of alkyl halides is 6. The maximum absolute atomic E-state index is 14.0. The van der Waals surface area contributed by atoms with Gasteiger partial charge < -0.3 is 4.57 Å². The molecule has 0 unspecified atom stereocenters. The number of hydrogen-bond acceptors (Lipinski definition) is 3. The van der Waals surface area contributed by atoms with E-state index in [2.05, 4.69) is 12.1 Å². The molecule has 0 bridgehead atoms. The summed E-state index contributed by atoms with van der Waals surface area (Å²) < 4.78 is 85.9. The first-order valence-corrected chi connectivity index (χ1v) is 18.7. The minimum absolute atomic E-state index is 0.263. The summed E-state index contributed by atoms with van der Waals surface area (Å²) in [5.41, 5.74) is 6.42. The lowest BCUT2D eigenvalue weighted by atomic mass is 9.91. The van der Waals surface area contributed by atoms with Gasteiger partial charge in [0.05, 0.1) is 27.8 Å². The lowest BCUT2D eigenvalue weighted by Gasteiger charge is -2.21. The molecule has 7 aromatic carbocycles. The van der Waals surface area contributed by atoms with E-state index in [-0.39, 0.29) is 5.82 Å². The molecule has 2 heterocycles. The third-order valence-electron chi connectivity index (χ3n) is 10.4. The van der Waals surface area contributed by atoms with Crippen molar-refractivity contribution in [3.63, 3.8) is 0 Å².